The minimum absolute atomic E-state index is 0. The lowest BCUT2D eigenvalue weighted by atomic mass is 10.1. The Balaban J connectivity index is 0. The van der Waals surface area contributed by atoms with Crippen molar-refractivity contribution in [3.63, 3.8) is 0 Å². The van der Waals surface area contributed by atoms with Crippen LogP contribution in [0.25, 0.3) is 0 Å². The SMILES string of the molecule is CSC.OCCc1cc(F)cc(CBr)c1.[B]. The van der Waals surface area contributed by atoms with Crippen LogP contribution in [0.4, 0.5) is 4.39 Å². The number of halogens is 2. The Morgan fingerprint density at radius 2 is 1.75 bits per heavy atom. The molecule has 0 aliphatic carbocycles. The van der Waals surface area contributed by atoms with Crippen LogP contribution in [-0.2, 0) is 11.8 Å². The van der Waals surface area contributed by atoms with Crippen molar-refractivity contribution in [2.75, 3.05) is 19.1 Å². The zero-order valence-electron chi connectivity index (χ0n) is 9.54. The summed E-state index contributed by atoms with van der Waals surface area (Å²) < 4.78 is 12.8. The highest BCUT2D eigenvalue weighted by molar-refractivity contribution is 9.08. The topological polar surface area (TPSA) is 20.2 Å². The average Bonchev–Trinajstić information content (AvgIpc) is 2.18. The van der Waals surface area contributed by atoms with Crippen LogP contribution < -0.4 is 0 Å². The number of rotatable bonds is 3. The molecule has 0 aliphatic heterocycles. The Morgan fingerprint density at radius 3 is 2.19 bits per heavy atom. The standard InChI is InChI=1S/C9H10BrFO.C2H6S.B/c10-6-8-3-7(1-2-12)4-9(11)5-8;1-3-2;/h3-5,12H,1-2,6H2;1-2H3;. The van der Waals surface area contributed by atoms with Crippen LogP contribution in [0.3, 0.4) is 0 Å². The first kappa shape index (κ1) is 18.4. The predicted octanol–water partition coefficient (Wildman–Crippen LogP) is 2.85. The second-order valence-electron chi connectivity index (χ2n) is 2.98. The summed E-state index contributed by atoms with van der Waals surface area (Å²) in [4.78, 5) is 0. The molecule has 0 saturated carbocycles. The molecule has 0 fully saturated rings. The molecule has 0 aliphatic rings. The van der Waals surface area contributed by atoms with E-state index >= 15 is 0 Å². The van der Waals surface area contributed by atoms with E-state index in [1.165, 1.54) is 12.1 Å². The third-order valence-electron chi connectivity index (χ3n) is 1.57. The lowest BCUT2D eigenvalue weighted by Crippen LogP contribution is -1.93. The maximum atomic E-state index is 12.8. The Bertz CT molecular complexity index is 287. The summed E-state index contributed by atoms with van der Waals surface area (Å²) in [6.45, 7) is 0.0607. The highest BCUT2D eigenvalue weighted by Crippen LogP contribution is 2.12. The van der Waals surface area contributed by atoms with Crippen LogP contribution in [0.5, 0.6) is 0 Å². The number of thioether (sulfide) groups is 1. The number of alkyl halides is 1. The lowest BCUT2D eigenvalue weighted by Gasteiger charge is -2.01. The maximum absolute atomic E-state index is 12.8. The number of hydrogen-bond donors (Lipinski definition) is 1. The Labute approximate surface area is 112 Å². The van der Waals surface area contributed by atoms with Gasteiger partial charge in [0.25, 0.3) is 0 Å². The van der Waals surface area contributed by atoms with E-state index in [1.807, 2.05) is 18.6 Å². The van der Waals surface area contributed by atoms with Crippen molar-refractivity contribution in [2.45, 2.75) is 11.8 Å². The van der Waals surface area contributed by atoms with E-state index in [2.05, 4.69) is 15.9 Å². The molecule has 0 atom stereocenters. The first-order chi connectivity index (χ1) is 7.17. The highest BCUT2D eigenvalue weighted by Gasteiger charge is 1.98. The Kier molecular flexibility index (Phi) is 13.2. The minimum atomic E-state index is -0.240. The lowest BCUT2D eigenvalue weighted by molar-refractivity contribution is 0.299. The van der Waals surface area contributed by atoms with E-state index in [0.717, 1.165) is 11.1 Å². The van der Waals surface area contributed by atoms with Crippen LogP contribution in [0.15, 0.2) is 18.2 Å². The first-order valence-electron chi connectivity index (χ1n) is 4.53. The molecular formula is C11H16BBrFOS. The largest absolute Gasteiger partial charge is 0.396 e. The third kappa shape index (κ3) is 8.19. The van der Waals surface area contributed by atoms with Gasteiger partial charge in [0.2, 0.25) is 0 Å². The maximum Gasteiger partial charge on any atom is 0.123 e. The molecule has 1 N–H and O–H groups in total. The van der Waals surface area contributed by atoms with E-state index in [1.54, 1.807) is 11.8 Å². The molecule has 0 bridgehead atoms. The molecule has 0 heterocycles. The molecule has 1 nitrogen and oxygen atoms in total. The fourth-order valence-corrected chi connectivity index (χ4v) is 1.39. The number of aliphatic hydroxyl groups excluding tert-OH is 1. The summed E-state index contributed by atoms with van der Waals surface area (Å²) in [7, 11) is 0. The van der Waals surface area contributed by atoms with Crippen LogP contribution >= 0.6 is 27.7 Å². The molecule has 3 radical (unpaired) electrons. The van der Waals surface area contributed by atoms with Crippen molar-refractivity contribution in [2.24, 2.45) is 0 Å². The Morgan fingerprint density at radius 1 is 1.25 bits per heavy atom. The van der Waals surface area contributed by atoms with E-state index < -0.39 is 0 Å². The van der Waals surface area contributed by atoms with Crippen molar-refractivity contribution < 1.29 is 9.50 Å². The van der Waals surface area contributed by atoms with Crippen molar-refractivity contribution in [1.29, 1.82) is 0 Å². The van der Waals surface area contributed by atoms with Crippen molar-refractivity contribution in [3.05, 3.63) is 35.1 Å². The second kappa shape index (κ2) is 11.5. The van der Waals surface area contributed by atoms with Gasteiger partial charge in [-0.25, -0.2) is 4.39 Å². The summed E-state index contributed by atoms with van der Waals surface area (Å²) in [6.07, 6.45) is 4.60. The third-order valence-corrected chi connectivity index (χ3v) is 2.22. The fourth-order valence-electron chi connectivity index (χ4n) is 1.07. The van der Waals surface area contributed by atoms with Crippen molar-refractivity contribution in [1.82, 2.24) is 0 Å². The van der Waals surface area contributed by atoms with E-state index in [0.29, 0.717) is 11.8 Å². The van der Waals surface area contributed by atoms with Gasteiger partial charge in [-0.2, -0.15) is 11.8 Å². The van der Waals surface area contributed by atoms with Gasteiger partial charge in [0.1, 0.15) is 5.82 Å². The Hall–Kier alpha value is 0.00494. The molecule has 89 valence electrons. The van der Waals surface area contributed by atoms with Crippen molar-refractivity contribution in [3.8, 4) is 0 Å². The summed E-state index contributed by atoms with van der Waals surface area (Å²) >= 11 is 5.00. The highest BCUT2D eigenvalue weighted by atomic mass is 79.9. The minimum Gasteiger partial charge on any atom is -0.396 e. The van der Waals surface area contributed by atoms with Gasteiger partial charge in [-0.15, -0.1) is 0 Å². The molecule has 5 heteroatoms. The number of aliphatic hydroxyl groups is 1. The van der Waals surface area contributed by atoms with Gasteiger partial charge >= 0.3 is 0 Å². The van der Waals surface area contributed by atoms with Gasteiger partial charge in [0.15, 0.2) is 0 Å². The summed E-state index contributed by atoms with van der Waals surface area (Å²) in [6, 6.07) is 4.81. The second-order valence-corrected chi connectivity index (χ2v) is 4.36. The molecule has 0 amide bonds. The molecular weight excluding hydrogens is 290 g/mol. The van der Waals surface area contributed by atoms with Crippen LogP contribution in [0.1, 0.15) is 11.1 Å². The molecule has 0 unspecified atom stereocenters. The summed E-state index contributed by atoms with van der Waals surface area (Å²) in [5.74, 6) is -0.240. The van der Waals surface area contributed by atoms with Crippen molar-refractivity contribution >= 4 is 36.1 Å². The predicted molar refractivity (Wildman–Crippen MR) is 75.0 cm³/mol. The van der Waals surface area contributed by atoms with Crippen LogP contribution in [0, 0.1) is 5.82 Å². The van der Waals surface area contributed by atoms with E-state index in [9.17, 15) is 4.39 Å². The zero-order valence-corrected chi connectivity index (χ0v) is 11.9. The zero-order chi connectivity index (χ0) is 11.7. The number of hydrogen-bond acceptors (Lipinski definition) is 2. The summed E-state index contributed by atoms with van der Waals surface area (Å²) in [5, 5.41) is 9.28. The van der Waals surface area contributed by atoms with Gasteiger partial charge in [0.05, 0.1) is 0 Å². The molecule has 1 rings (SSSR count). The quantitative estimate of drug-likeness (QED) is 0.684. The molecule has 16 heavy (non-hydrogen) atoms. The van der Waals surface area contributed by atoms with E-state index in [4.69, 9.17) is 5.11 Å². The number of benzene rings is 1. The van der Waals surface area contributed by atoms with Gasteiger partial charge < -0.3 is 5.11 Å². The van der Waals surface area contributed by atoms with Gasteiger partial charge in [-0.3, -0.25) is 0 Å². The smallest absolute Gasteiger partial charge is 0.123 e. The molecule has 1 aromatic rings. The summed E-state index contributed by atoms with van der Waals surface area (Å²) in [5.41, 5.74) is 1.74. The van der Waals surface area contributed by atoms with Crippen LogP contribution in [0.2, 0.25) is 0 Å². The fraction of sp³-hybridized carbons (Fsp3) is 0.455. The van der Waals surface area contributed by atoms with Gasteiger partial charge in [-0.05, 0) is 42.2 Å². The van der Waals surface area contributed by atoms with Gasteiger partial charge in [0, 0.05) is 20.4 Å². The van der Waals surface area contributed by atoms with Gasteiger partial charge in [-0.1, -0.05) is 22.0 Å². The monoisotopic (exact) mass is 305 g/mol. The van der Waals surface area contributed by atoms with Crippen LogP contribution in [-0.4, -0.2) is 32.6 Å². The first-order valence-corrected chi connectivity index (χ1v) is 7.28. The molecule has 1 aromatic carbocycles. The average molecular weight is 306 g/mol. The van der Waals surface area contributed by atoms with E-state index in [-0.39, 0.29) is 20.8 Å². The molecule has 0 aromatic heterocycles. The molecule has 0 spiro atoms. The normalized spacial score (nSPS) is 8.81. The molecule has 0 saturated heterocycles.